The van der Waals surface area contributed by atoms with Crippen LogP contribution in [0.2, 0.25) is 5.02 Å². The van der Waals surface area contributed by atoms with Gasteiger partial charge in [0.05, 0.1) is 16.2 Å². The maximum absolute atomic E-state index is 10.9. The smallest absolute Gasteiger partial charge is 0.221 e. The third-order valence-electron chi connectivity index (χ3n) is 2.02. The summed E-state index contributed by atoms with van der Waals surface area (Å²) in [5.74, 6) is -0.139. The summed E-state index contributed by atoms with van der Waals surface area (Å²) in [5, 5.41) is 8.33. The van der Waals surface area contributed by atoms with Crippen LogP contribution in [0.3, 0.4) is 0 Å². The van der Waals surface area contributed by atoms with Gasteiger partial charge < -0.3 is 5.32 Å². The summed E-state index contributed by atoms with van der Waals surface area (Å²) in [4.78, 5) is 10.9. The topological polar surface area (TPSA) is 46.9 Å². The number of benzene rings is 1. The third kappa shape index (κ3) is 1.94. The van der Waals surface area contributed by atoms with Crippen molar-refractivity contribution in [1.82, 2.24) is 9.78 Å². The van der Waals surface area contributed by atoms with Gasteiger partial charge in [0.25, 0.3) is 0 Å². The van der Waals surface area contributed by atoms with Crippen LogP contribution in [0, 0.1) is 0 Å². The van der Waals surface area contributed by atoms with E-state index in [-0.39, 0.29) is 5.91 Å². The van der Waals surface area contributed by atoms with Crippen molar-refractivity contribution < 1.29 is 4.79 Å². The number of rotatable bonds is 1. The summed E-state index contributed by atoms with van der Waals surface area (Å²) < 4.78 is 1.71. The number of amides is 1. The largest absolute Gasteiger partial charge is 0.325 e. The molecule has 2 aromatic rings. The summed E-state index contributed by atoms with van der Waals surface area (Å²) in [6, 6.07) is 3.55. The lowest BCUT2D eigenvalue weighted by Crippen LogP contribution is -2.05. The van der Waals surface area contributed by atoms with E-state index in [0.29, 0.717) is 10.7 Å². The monoisotopic (exact) mass is 223 g/mol. The zero-order valence-electron chi connectivity index (χ0n) is 8.41. The van der Waals surface area contributed by atoms with E-state index >= 15 is 0 Å². The average Bonchev–Trinajstić information content (AvgIpc) is 2.44. The summed E-state index contributed by atoms with van der Waals surface area (Å²) in [6.07, 6.45) is 1.87. The van der Waals surface area contributed by atoms with E-state index in [1.807, 2.05) is 19.3 Å². The molecule has 2 rings (SSSR count). The van der Waals surface area contributed by atoms with Crippen LogP contribution < -0.4 is 5.32 Å². The van der Waals surface area contributed by atoms with Crippen molar-refractivity contribution in [2.75, 3.05) is 5.32 Å². The molecule has 0 aliphatic heterocycles. The fourth-order valence-corrected chi connectivity index (χ4v) is 1.66. The Kier molecular flexibility index (Phi) is 2.36. The number of hydrogen-bond donors (Lipinski definition) is 1. The number of halogens is 1. The number of nitrogens with zero attached hydrogens (tertiary/aromatic N) is 2. The van der Waals surface area contributed by atoms with Gasteiger partial charge in [0.1, 0.15) is 0 Å². The molecular weight excluding hydrogens is 214 g/mol. The number of fused-ring (bicyclic) bond motifs is 1. The van der Waals surface area contributed by atoms with E-state index in [0.717, 1.165) is 10.9 Å². The molecular formula is C10H10ClN3O. The molecule has 0 aliphatic carbocycles. The second-order valence-electron chi connectivity index (χ2n) is 3.37. The Hall–Kier alpha value is -1.55. The highest BCUT2D eigenvalue weighted by atomic mass is 35.5. The number of nitrogens with one attached hydrogen (secondary N) is 1. The first kappa shape index (κ1) is 9.98. The van der Waals surface area contributed by atoms with Crippen molar-refractivity contribution in [1.29, 1.82) is 0 Å². The highest BCUT2D eigenvalue weighted by Crippen LogP contribution is 2.27. The second kappa shape index (κ2) is 3.55. The fourth-order valence-electron chi connectivity index (χ4n) is 1.46. The highest BCUT2D eigenvalue weighted by Gasteiger charge is 2.06. The van der Waals surface area contributed by atoms with Gasteiger partial charge in [0.15, 0.2) is 0 Å². The van der Waals surface area contributed by atoms with E-state index in [1.54, 1.807) is 10.7 Å². The lowest BCUT2D eigenvalue weighted by atomic mass is 10.2. The van der Waals surface area contributed by atoms with E-state index < -0.39 is 0 Å². The fraction of sp³-hybridized carbons (Fsp3) is 0.200. The minimum Gasteiger partial charge on any atom is -0.325 e. The maximum atomic E-state index is 10.9. The molecule has 1 amide bonds. The Morgan fingerprint density at radius 1 is 1.53 bits per heavy atom. The normalized spacial score (nSPS) is 10.6. The lowest BCUT2D eigenvalue weighted by Gasteiger charge is -2.03. The molecule has 0 fully saturated rings. The van der Waals surface area contributed by atoms with Crippen LogP contribution in [-0.4, -0.2) is 15.7 Å². The Morgan fingerprint density at radius 3 is 2.93 bits per heavy atom. The zero-order chi connectivity index (χ0) is 11.0. The molecule has 0 unspecified atom stereocenters. The first-order valence-electron chi connectivity index (χ1n) is 4.47. The molecule has 1 aromatic carbocycles. The van der Waals surface area contributed by atoms with Gasteiger partial charge in [-0.2, -0.15) is 5.10 Å². The Bertz CT molecular complexity index is 533. The molecule has 0 atom stereocenters. The Labute approximate surface area is 91.8 Å². The molecule has 0 radical (unpaired) electrons. The van der Waals surface area contributed by atoms with E-state index in [9.17, 15) is 4.79 Å². The van der Waals surface area contributed by atoms with Gasteiger partial charge in [-0.15, -0.1) is 0 Å². The average molecular weight is 224 g/mol. The second-order valence-corrected chi connectivity index (χ2v) is 3.78. The molecule has 0 aliphatic rings. The molecule has 1 aromatic heterocycles. The standard InChI is InChI=1S/C10H10ClN3O/c1-6(15)12-10-3-7-5-14(2)13-9(7)4-8(10)11/h3-5H,1-2H3,(H,12,15). The first-order valence-corrected chi connectivity index (χ1v) is 4.84. The van der Waals surface area contributed by atoms with E-state index in [4.69, 9.17) is 11.6 Å². The molecule has 78 valence electrons. The summed E-state index contributed by atoms with van der Waals surface area (Å²) in [5.41, 5.74) is 1.43. The number of carbonyl (C=O) groups is 1. The molecule has 15 heavy (non-hydrogen) atoms. The van der Waals surface area contributed by atoms with Gasteiger partial charge in [-0.3, -0.25) is 9.48 Å². The van der Waals surface area contributed by atoms with Crippen molar-refractivity contribution >= 4 is 34.1 Å². The molecule has 0 bridgehead atoms. The third-order valence-corrected chi connectivity index (χ3v) is 2.33. The van der Waals surface area contributed by atoms with Gasteiger partial charge >= 0.3 is 0 Å². The number of carbonyl (C=O) groups excluding carboxylic acids is 1. The molecule has 0 spiro atoms. The number of aromatic nitrogens is 2. The SMILES string of the molecule is CC(=O)Nc1cc2cn(C)nc2cc1Cl. The Balaban J connectivity index is 2.55. The summed E-state index contributed by atoms with van der Waals surface area (Å²) in [6.45, 7) is 1.45. The van der Waals surface area contributed by atoms with Crippen LogP contribution >= 0.6 is 11.6 Å². The predicted octanol–water partition coefficient (Wildman–Crippen LogP) is 2.19. The van der Waals surface area contributed by atoms with E-state index in [1.165, 1.54) is 6.92 Å². The lowest BCUT2D eigenvalue weighted by molar-refractivity contribution is -0.114. The molecule has 0 saturated carbocycles. The summed E-state index contributed by atoms with van der Waals surface area (Å²) >= 11 is 5.99. The first-order chi connectivity index (χ1) is 7.06. The van der Waals surface area contributed by atoms with Gasteiger partial charge in [0.2, 0.25) is 5.91 Å². The van der Waals surface area contributed by atoms with Crippen LogP contribution in [-0.2, 0) is 11.8 Å². The van der Waals surface area contributed by atoms with Gasteiger partial charge in [0, 0.05) is 25.6 Å². The molecule has 1 N–H and O–H groups in total. The summed E-state index contributed by atoms with van der Waals surface area (Å²) in [7, 11) is 1.84. The van der Waals surface area contributed by atoms with Crippen LogP contribution in [0.1, 0.15) is 6.92 Å². The quantitative estimate of drug-likeness (QED) is 0.806. The maximum Gasteiger partial charge on any atom is 0.221 e. The highest BCUT2D eigenvalue weighted by molar-refractivity contribution is 6.34. The van der Waals surface area contributed by atoms with Crippen LogP contribution in [0.4, 0.5) is 5.69 Å². The van der Waals surface area contributed by atoms with Crippen LogP contribution in [0.15, 0.2) is 18.3 Å². The van der Waals surface area contributed by atoms with Crippen LogP contribution in [0.5, 0.6) is 0 Å². The number of anilines is 1. The van der Waals surface area contributed by atoms with Crippen molar-refractivity contribution in [2.24, 2.45) is 7.05 Å². The van der Waals surface area contributed by atoms with Crippen molar-refractivity contribution in [3.8, 4) is 0 Å². The van der Waals surface area contributed by atoms with Crippen molar-refractivity contribution in [3.63, 3.8) is 0 Å². The van der Waals surface area contributed by atoms with E-state index in [2.05, 4.69) is 10.4 Å². The van der Waals surface area contributed by atoms with Crippen molar-refractivity contribution in [2.45, 2.75) is 6.92 Å². The molecule has 5 heteroatoms. The minimum atomic E-state index is -0.139. The van der Waals surface area contributed by atoms with Gasteiger partial charge in [-0.05, 0) is 12.1 Å². The van der Waals surface area contributed by atoms with Crippen molar-refractivity contribution in [3.05, 3.63) is 23.4 Å². The zero-order valence-corrected chi connectivity index (χ0v) is 9.17. The van der Waals surface area contributed by atoms with Gasteiger partial charge in [-0.25, -0.2) is 0 Å². The molecule has 0 saturated heterocycles. The number of hydrogen-bond acceptors (Lipinski definition) is 2. The van der Waals surface area contributed by atoms with Crippen LogP contribution in [0.25, 0.3) is 10.9 Å². The van der Waals surface area contributed by atoms with Gasteiger partial charge in [-0.1, -0.05) is 11.6 Å². The predicted molar refractivity (Wildman–Crippen MR) is 60.0 cm³/mol. The molecule has 4 nitrogen and oxygen atoms in total. The number of aryl methyl sites for hydroxylation is 1. The molecule has 1 heterocycles. The minimum absolute atomic E-state index is 0.139. The Morgan fingerprint density at radius 2 is 2.27 bits per heavy atom.